The molecule has 1 unspecified atom stereocenters. The number of urea groups is 1. The molecule has 2 saturated heterocycles. The molecule has 1 aliphatic carbocycles. The topological polar surface area (TPSA) is 88.2 Å². The molecule has 0 spiro atoms. The molecular formula is C25H43N3O5. The Morgan fingerprint density at radius 1 is 1.06 bits per heavy atom. The number of rotatable bonds is 7. The van der Waals surface area contributed by atoms with Gasteiger partial charge in [0.25, 0.3) is 0 Å². The molecule has 188 valence electrons. The van der Waals surface area contributed by atoms with Gasteiger partial charge in [-0.2, -0.15) is 0 Å². The second-order valence-electron chi connectivity index (χ2n) is 11.1. The Balaban J connectivity index is 1.62. The Labute approximate surface area is 198 Å². The number of likely N-dealkylation sites (tertiary alicyclic amines) is 1. The van der Waals surface area contributed by atoms with E-state index in [2.05, 4.69) is 10.2 Å². The lowest BCUT2D eigenvalue weighted by Crippen LogP contribution is -2.53. The van der Waals surface area contributed by atoms with Gasteiger partial charge in [0.15, 0.2) is 0 Å². The largest absolute Gasteiger partial charge is 0.469 e. The normalized spacial score (nSPS) is 25.2. The monoisotopic (exact) mass is 465 g/mol. The number of piperidine rings is 1. The van der Waals surface area contributed by atoms with E-state index in [1.807, 2.05) is 25.7 Å². The summed E-state index contributed by atoms with van der Waals surface area (Å²) in [5, 5.41) is 3.10. The minimum atomic E-state index is -0.482. The van der Waals surface area contributed by atoms with Crippen molar-refractivity contribution in [3.05, 3.63) is 0 Å². The van der Waals surface area contributed by atoms with Crippen LogP contribution in [-0.4, -0.2) is 71.8 Å². The molecule has 1 saturated carbocycles. The number of nitrogens with one attached hydrogen (secondary N) is 1. The Kier molecular flexibility index (Phi) is 8.51. The van der Waals surface area contributed by atoms with Gasteiger partial charge in [-0.25, -0.2) is 9.59 Å². The Morgan fingerprint density at radius 2 is 1.73 bits per heavy atom. The van der Waals surface area contributed by atoms with Crippen LogP contribution in [0, 0.1) is 5.92 Å². The predicted octanol–water partition coefficient (Wildman–Crippen LogP) is 4.46. The van der Waals surface area contributed by atoms with Gasteiger partial charge in [-0.15, -0.1) is 0 Å². The molecule has 8 heteroatoms. The third-order valence-corrected chi connectivity index (χ3v) is 7.54. The van der Waals surface area contributed by atoms with Gasteiger partial charge < -0.3 is 24.6 Å². The van der Waals surface area contributed by atoms with Gasteiger partial charge >= 0.3 is 18.1 Å². The van der Waals surface area contributed by atoms with Crippen molar-refractivity contribution >= 4 is 18.1 Å². The van der Waals surface area contributed by atoms with Crippen molar-refractivity contribution in [3.63, 3.8) is 0 Å². The fourth-order valence-corrected chi connectivity index (χ4v) is 5.70. The first-order valence-corrected chi connectivity index (χ1v) is 12.8. The van der Waals surface area contributed by atoms with Crippen LogP contribution in [0.4, 0.5) is 9.59 Å². The van der Waals surface area contributed by atoms with E-state index in [0.717, 1.165) is 51.4 Å². The highest BCUT2D eigenvalue weighted by molar-refractivity contribution is 5.78. The van der Waals surface area contributed by atoms with Crippen molar-refractivity contribution in [2.45, 2.75) is 109 Å². The zero-order valence-corrected chi connectivity index (χ0v) is 21.0. The van der Waals surface area contributed by atoms with E-state index >= 15 is 0 Å². The summed E-state index contributed by atoms with van der Waals surface area (Å²) in [5.74, 6) is 0.283. The number of hydrogen-bond donors (Lipinski definition) is 1. The van der Waals surface area contributed by atoms with Crippen LogP contribution < -0.4 is 5.32 Å². The maximum Gasteiger partial charge on any atom is 0.410 e. The second kappa shape index (κ2) is 11.0. The molecule has 3 fully saturated rings. The molecule has 0 bridgehead atoms. The number of esters is 1. The summed E-state index contributed by atoms with van der Waals surface area (Å²) < 4.78 is 10.4. The molecule has 3 rings (SSSR count). The maximum absolute atomic E-state index is 12.9. The quantitative estimate of drug-likeness (QED) is 0.561. The molecule has 33 heavy (non-hydrogen) atoms. The third-order valence-electron chi connectivity index (χ3n) is 7.54. The molecule has 1 atom stereocenters. The molecule has 3 aliphatic rings. The summed E-state index contributed by atoms with van der Waals surface area (Å²) in [5.41, 5.74) is -0.819. The van der Waals surface area contributed by atoms with E-state index in [4.69, 9.17) is 9.47 Å². The summed E-state index contributed by atoms with van der Waals surface area (Å²) in [4.78, 5) is 41.2. The van der Waals surface area contributed by atoms with Crippen molar-refractivity contribution in [2.75, 3.05) is 26.7 Å². The third kappa shape index (κ3) is 6.76. The fourth-order valence-electron chi connectivity index (χ4n) is 5.70. The number of methoxy groups -OCH3 is 1. The number of ether oxygens (including phenoxy) is 2. The molecule has 0 aromatic heterocycles. The average molecular weight is 466 g/mol. The number of amides is 3. The van der Waals surface area contributed by atoms with Crippen LogP contribution in [-0.2, 0) is 14.3 Å². The van der Waals surface area contributed by atoms with Gasteiger partial charge in [0.1, 0.15) is 5.60 Å². The van der Waals surface area contributed by atoms with Gasteiger partial charge in [-0.3, -0.25) is 4.79 Å². The smallest absolute Gasteiger partial charge is 0.410 e. The SMILES string of the molecule is COC(=O)CCC1(CCC2CCN(C(=O)OC(C)(C)C)CC2)CNC(=O)N1C1CCCCC1. The van der Waals surface area contributed by atoms with Crippen molar-refractivity contribution in [2.24, 2.45) is 5.92 Å². The van der Waals surface area contributed by atoms with Crippen LogP contribution >= 0.6 is 0 Å². The van der Waals surface area contributed by atoms with Crippen LogP contribution in [0.25, 0.3) is 0 Å². The van der Waals surface area contributed by atoms with Gasteiger partial charge in [0.2, 0.25) is 0 Å². The minimum absolute atomic E-state index is 0.0199. The highest BCUT2D eigenvalue weighted by Gasteiger charge is 2.48. The van der Waals surface area contributed by atoms with E-state index in [1.165, 1.54) is 13.5 Å². The van der Waals surface area contributed by atoms with Gasteiger partial charge in [0, 0.05) is 32.1 Å². The highest BCUT2D eigenvalue weighted by atomic mass is 16.6. The van der Waals surface area contributed by atoms with Crippen molar-refractivity contribution in [1.29, 1.82) is 0 Å². The maximum atomic E-state index is 12.9. The van der Waals surface area contributed by atoms with Gasteiger partial charge in [-0.1, -0.05) is 19.3 Å². The summed E-state index contributed by atoms with van der Waals surface area (Å²) in [7, 11) is 1.42. The summed E-state index contributed by atoms with van der Waals surface area (Å²) in [6.07, 6.45) is 10.1. The Hall–Kier alpha value is -1.99. The molecule has 3 amide bonds. The lowest BCUT2D eigenvalue weighted by molar-refractivity contribution is -0.141. The fraction of sp³-hybridized carbons (Fsp3) is 0.880. The summed E-state index contributed by atoms with van der Waals surface area (Å²) in [6, 6.07) is 0.277. The van der Waals surface area contributed by atoms with E-state index in [0.29, 0.717) is 38.4 Å². The molecule has 2 aliphatic heterocycles. The van der Waals surface area contributed by atoms with E-state index in [9.17, 15) is 14.4 Å². The summed E-state index contributed by atoms with van der Waals surface area (Å²) >= 11 is 0. The number of hydrogen-bond acceptors (Lipinski definition) is 5. The zero-order chi connectivity index (χ0) is 24.1. The van der Waals surface area contributed by atoms with Crippen LogP contribution in [0.2, 0.25) is 0 Å². The number of carbonyl (C=O) groups is 3. The number of nitrogens with zero attached hydrogens (tertiary/aromatic N) is 2. The molecule has 0 aromatic rings. The summed E-state index contributed by atoms with van der Waals surface area (Å²) in [6.45, 7) is 7.67. The number of carbonyl (C=O) groups excluding carboxylic acids is 3. The Bertz CT molecular complexity index is 693. The van der Waals surface area contributed by atoms with Gasteiger partial charge in [-0.05, 0) is 71.6 Å². The molecule has 0 radical (unpaired) electrons. The van der Waals surface area contributed by atoms with Crippen molar-refractivity contribution in [1.82, 2.24) is 15.1 Å². The minimum Gasteiger partial charge on any atom is -0.469 e. The van der Waals surface area contributed by atoms with Gasteiger partial charge in [0.05, 0.1) is 12.6 Å². The van der Waals surface area contributed by atoms with E-state index in [1.54, 1.807) is 0 Å². The van der Waals surface area contributed by atoms with E-state index < -0.39 is 5.60 Å². The molecule has 2 heterocycles. The standard InChI is InChI=1S/C25H43N3O5/c1-24(2,3)33-23(31)27-16-12-19(13-17-27)10-14-25(15-11-21(29)32-4)18-26-22(30)28(25)20-8-6-5-7-9-20/h19-20H,5-18H2,1-4H3,(H,26,30). The molecule has 8 nitrogen and oxygen atoms in total. The molecule has 1 N–H and O–H groups in total. The zero-order valence-electron chi connectivity index (χ0n) is 21.0. The van der Waals surface area contributed by atoms with Crippen molar-refractivity contribution in [3.8, 4) is 0 Å². The first-order chi connectivity index (χ1) is 15.6. The first-order valence-electron chi connectivity index (χ1n) is 12.8. The van der Waals surface area contributed by atoms with Crippen LogP contribution in [0.1, 0.15) is 91.4 Å². The van der Waals surface area contributed by atoms with Crippen LogP contribution in [0.5, 0.6) is 0 Å². The van der Waals surface area contributed by atoms with Crippen molar-refractivity contribution < 1.29 is 23.9 Å². The molecule has 0 aromatic carbocycles. The highest BCUT2D eigenvalue weighted by Crippen LogP contribution is 2.39. The van der Waals surface area contributed by atoms with Crippen LogP contribution in [0.3, 0.4) is 0 Å². The lowest BCUT2D eigenvalue weighted by Gasteiger charge is -2.44. The average Bonchev–Trinajstić information content (AvgIpc) is 3.12. The predicted molar refractivity (Wildman–Crippen MR) is 126 cm³/mol. The lowest BCUT2D eigenvalue weighted by atomic mass is 9.80. The second-order valence-corrected chi connectivity index (χ2v) is 11.1. The Morgan fingerprint density at radius 3 is 2.33 bits per heavy atom. The van der Waals surface area contributed by atoms with Crippen LogP contribution in [0.15, 0.2) is 0 Å². The first kappa shape index (κ1) is 25.6. The van der Waals surface area contributed by atoms with E-state index in [-0.39, 0.29) is 29.7 Å². The molecular weight excluding hydrogens is 422 g/mol.